The van der Waals surface area contributed by atoms with E-state index in [0.29, 0.717) is 18.5 Å². The topological polar surface area (TPSA) is 274 Å². The molecule has 5 N–H and O–H groups in total. The molecule has 43 heavy (non-hydrogen) atoms. The molecular weight excluding hydrogens is 574 g/mol. The number of carbonyl (C=O) groups excluding carboxylic acids is 3. The summed E-state index contributed by atoms with van der Waals surface area (Å²) < 4.78 is 4.83. The van der Waals surface area contributed by atoms with Crippen LogP contribution in [0.25, 0.3) is 0 Å². The third kappa shape index (κ3) is 6.39. The summed E-state index contributed by atoms with van der Waals surface area (Å²) in [7, 11) is 0. The Morgan fingerprint density at radius 1 is 0.930 bits per heavy atom. The highest BCUT2D eigenvalue weighted by atomic mass is 16.6. The van der Waals surface area contributed by atoms with Gasteiger partial charge in [-0.25, -0.2) is 9.59 Å². The minimum absolute atomic E-state index is 0.0514. The zero-order valence-corrected chi connectivity index (χ0v) is 22.0. The summed E-state index contributed by atoms with van der Waals surface area (Å²) >= 11 is 0. The van der Waals surface area contributed by atoms with Gasteiger partial charge in [-0.15, -0.1) is 0 Å². The number of anilines is 3. The first-order valence-electron chi connectivity index (χ1n) is 12.4. The Kier molecular flexibility index (Phi) is 8.63. The van der Waals surface area contributed by atoms with Gasteiger partial charge in [0.2, 0.25) is 11.4 Å². The van der Waals surface area contributed by atoms with Crippen LogP contribution >= 0.6 is 0 Å². The van der Waals surface area contributed by atoms with E-state index in [4.69, 9.17) is 4.74 Å². The van der Waals surface area contributed by atoms with Gasteiger partial charge < -0.3 is 20.7 Å². The fourth-order valence-corrected chi connectivity index (χ4v) is 3.84. The Balaban J connectivity index is 1.54. The lowest BCUT2D eigenvalue weighted by Gasteiger charge is -2.21. The van der Waals surface area contributed by atoms with Gasteiger partial charge in [0.05, 0.1) is 9.85 Å². The van der Waals surface area contributed by atoms with Gasteiger partial charge in [-0.1, -0.05) is 19.1 Å². The summed E-state index contributed by atoms with van der Waals surface area (Å²) in [4.78, 5) is 82.8. The minimum atomic E-state index is -1.44. The minimum Gasteiger partial charge on any atom is -0.386 e. The highest BCUT2D eigenvalue weighted by Gasteiger charge is 2.32. The van der Waals surface area contributed by atoms with Crippen LogP contribution in [-0.2, 0) is 16.0 Å². The van der Waals surface area contributed by atoms with Crippen molar-refractivity contribution in [3.63, 3.8) is 0 Å². The van der Waals surface area contributed by atoms with Crippen LogP contribution in [0, 0.1) is 20.2 Å². The second-order valence-electron chi connectivity index (χ2n) is 8.85. The van der Waals surface area contributed by atoms with Gasteiger partial charge in [0.25, 0.3) is 16.8 Å². The fraction of sp³-hybridized carbons (Fsp3) is 0.208. The zero-order valence-electron chi connectivity index (χ0n) is 22.0. The van der Waals surface area contributed by atoms with Gasteiger partial charge in [0, 0.05) is 18.7 Å². The molecule has 0 aliphatic heterocycles. The third-order valence-electron chi connectivity index (χ3n) is 5.95. The van der Waals surface area contributed by atoms with Crippen molar-refractivity contribution in [2.45, 2.75) is 25.8 Å². The Bertz CT molecular complexity index is 1780. The predicted molar refractivity (Wildman–Crippen MR) is 147 cm³/mol. The number of nitro groups is 2. The van der Waals surface area contributed by atoms with Crippen molar-refractivity contribution >= 4 is 46.3 Å². The molecule has 0 saturated carbocycles. The van der Waals surface area contributed by atoms with Gasteiger partial charge in [0.15, 0.2) is 0 Å². The molecule has 1 atom stereocenters. The summed E-state index contributed by atoms with van der Waals surface area (Å²) in [5.74, 6) is -3.52. The summed E-state index contributed by atoms with van der Waals surface area (Å²) in [6, 6.07) is 4.32. The molecule has 19 heteroatoms. The van der Waals surface area contributed by atoms with E-state index in [0.717, 1.165) is 12.4 Å². The number of esters is 2. The van der Waals surface area contributed by atoms with E-state index in [1.54, 1.807) is 0 Å². The number of nitrogens with zero attached hydrogens (tertiary/aromatic N) is 4. The Morgan fingerprint density at radius 3 is 2.12 bits per heavy atom. The first-order chi connectivity index (χ1) is 20.5. The number of benzene rings is 1. The van der Waals surface area contributed by atoms with E-state index >= 15 is 0 Å². The molecule has 2 heterocycles. The monoisotopic (exact) mass is 595 g/mol. The summed E-state index contributed by atoms with van der Waals surface area (Å²) in [5, 5.41) is 41.4. The molecule has 2 aromatic heterocycles. The van der Waals surface area contributed by atoms with Crippen molar-refractivity contribution in [3.8, 4) is 0 Å². The fourth-order valence-electron chi connectivity index (χ4n) is 3.84. The first-order valence-corrected chi connectivity index (χ1v) is 12.4. The van der Waals surface area contributed by atoms with Gasteiger partial charge in [-0.05, 0) is 24.1 Å². The largest absolute Gasteiger partial charge is 0.386 e. The third-order valence-corrected chi connectivity index (χ3v) is 5.95. The highest BCUT2D eigenvalue weighted by Crippen LogP contribution is 2.21. The van der Waals surface area contributed by atoms with Crippen LogP contribution in [0.15, 0.2) is 46.2 Å². The van der Waals surface area contributed by atoms with E-state index in [2.05, 4.69) is 36.3 Å². The number of H-pyrrole nitrogens is 2. The number of hydrogen-bond donors (Lipinski definition) is 5. The maximum atomic E-state index is 13.1. The molecule has 0 fully saturated rings. The number of carbonyl (C=O) groups is 3. The molecule has 4 aromatic rings. The molecule has 2 aromatic carbocycles. The molecule has 0 aliphatic rings. The number of aromatic nitrogens is 4. The lowest BCUT2D eigenvalue weighted by atomic mass is 10.0. The summed E-state index contributed by atoms with van der Waals surface area (Å²) in [5.41, 5.74) is -3.79. The molecule has 1 amide bonds. The molecule has 0 spiro atoms. The molecule has 0 aliphatic carbocycles. The number of amides is 1. The van der Waals surface area contributed by atoms with Crippen molar-refractivity contribution in [1.29, 1.82) is 0 Å². The van der Waals surface area contributed by atoms with E-state index in [1.165, 1.54) is 24.3 Å². The van der Waals surface area contributed by atoms with Crippen molar-refractivity contribution in [2.24, 2.45) is 0 Å². The maximum absolute atomic E-state index is 13.1. The average Bonchev–Trinajstić information content (AvgIpc) is 3.67. The quantitative estimate of drug-likeness (QED) is 0.0475. The lowest BCUT2D eigenvalue weighted by molar-refractivity contribution is -0.385. The standard InChI is InChI=1S/C24H21N9O10/c1-2-7-25-18-19(21(35)20(18)34)29-13(23(37)43-24(38)17-15(33(41)42)10-27-31-17)8-11-3-5-12(6-4-11)28-22(36)16-14(32(39)40)9-26-30-16/h3-6,9-10,13,25,29H,2,7-8H2,1H3,(H,26,30)(H,27,31)(H,28,36)/t13-/m0/s1. The van der Waals surface area contributed by atoms with Crippen LogP contribution in [-0.4, -0.2) is 60.7 Å². The van der Waals surface area contributed by atoms with E-state index in [-0.39, 0.29) is 23.5 Å². The van der Waals surface area contributed by atoms with Crippen molar-refractivity contribution < 1.29 is 29.0 Å². The van der Waals surface area contributed by atoms with E-state index in [1.807, 2.05) is 6.92 Å². The zero-order chi connectivity index (χ0) is 31.3. The predicted octanol–water partition coefficient (Wildman–Crippen LogP) is 1.03. The molecule has 0 bridgehead atoms. The number of nitrogens with one attached hydrogen (secondary N) is 5. The molecule has 4 rings (SSSR count). The second-order valence-corrected chi connectivity index (χ2v) is 8.85. The molecule has 0 radical (unpaired) electrons. The normalized spacial score (nSPS) is 11.5. The summed E-state index contributed by atoms with van der Waals surface area (Å²) in [6.07, 6.45) is 2.19. The number of hydrogen-bond acceptors (Lipinski definition) is 14. The van der Waals surface area contributed by atoms with E-state index < -0.39 is 67.4 Å². The Labute approximate surface area is 238 Å². The van der Waals surface area contributed by atoms with Gasteiger partial charge in [0.1, 0.15) is 29.8 Å². The molecule has 0 saturated heterocycles. The van der Waals surface area contributed by atoms with Crippen LogP contribution in [0.3, 0.4) is 0 Å². The SMILES string of the molecule is CCCNc1c(N[C@@H](Cc2ccc(NC(=O)c3n[nH]cc3[N+](=O)[O-])cc2)C(=O)OC(=O)c2n[nH]cc2[N+](=O)[O-])c(=O)c1=O. The van der Waals surface area contributed by atoms with Crippen LogP contribution < -0.4 is 26.8 Å². The number of ether oxygens (including phenoxy) is 1. The van der Waals surface area contributed by atoms with Crippen LogP contribution in [0.2, 0.25) is 0 Å². The van der Waals surface area contributed by atoms with Gasteiger partial charge >= 0.3 is 23.3 Å². The van der Waals surface area contributed by atoms with Gasteiger partial charge in [-0.3, -0.25) is 44.8 Å². The highest BCUT2D eigenvalue weighted by molar-refractivity contribution is 6.05. The van der Waals surface area contributed by atoms with E-state index in [9.17, 15) is 44.2 Å². The number of aromatic amines is 2. The van der Waals surface area contributed by atoms with Crippen molar-refractivity contribution in [1.82, 2.24) is 20.4 Å². The molecule has 19 nitrogen and oxygen atoms in total. The van der Waals surface area contributed by atoms with Crippen LogP contribution in [0.1, 0.15) is 39.9 Å². The van der Waals surface area contributed by atoms with Crippen molar-refractivity contribution in [2.75, 3.05) is 22.5 Å². The smallest absolute Gasteiger partial charge is 0.373 e. The first kappa shape index (κ1) is 29.7. The lowest BCUT2D eigenvalue weighted by Crippen LogP contribution is -2.43. The molecular formula is C24H21N9O10. The van der Waals surface area contributed by atoms with Gasteiger partial charge in [-0.2, -0.15) is 10.2 Å². The summed E-state index contributed by atoms with van der Waals surface area (Å²) in [6.45, 7) is 2.18. The number of rotatable bonds is 13. The Hall–Kier alpha value is -6.27. The average molecular weight is 595 g/mol. The van der Waals surface area contributed by atoms with Crippen LogP contribution in [0.4, 0.5) is 28.4 Å². The van der Waals surface area contributed by atoms with Crippen LogP contribution in [0.5, 0.6) is 0 Å². The van der Waals surface area contributed by atoms with Crippen molar-refractivity contribution in [3.05, 3.63) is 94.3 Å². The maximum Gasteiger partial charge on any atom is 0.373 e. The molecule has 222 valence electrons. The second kappa shape index (κ2) is 12.5. The Morgan fingerprint density at radius 2 is 1.51 bits per heavy atom. The molecule has 0 unspecified atom stereocenters.